The molecule has 1 heterocycles. The first kappa shape index (κ1) is 12.1. The predicted octanol–water partition coefficient (Wildman–Crippen LogP) is 1.34. The summed E-state index contributed by atoms with van der Waals surface area (Å²) < 4.78 is 0.637. The quantitative estimate of drug-likeness (QED) is 0.873. The van der Waals surface area contributed by atoms with E-state index in [0.29, 0.717) is 10.2 Å². The smallest absolute Gasteiger partial charge is 0.271 e. The summed E-state index contributed by atoms with van der Waals surface area (Å²) in [7, 11) is 0. The monoisotopic (exact) mass is 272 g/mol. The van der Waals surface area contributed by atoms with E-state index in [2.05, 4.69) is 26.2 Å². The molecule has 15 heavy (non-hydrogen) atoms. The Morgan fingerprint density at radius 3 is 2.87 bits per heavy atom. The van der Waals surface area contributed by atoms with Crippen molar-refractivity contribution in [3.63, 3.8) is 0 Å². The van der Waals surface area contributed by atoms with Crippen LogP contribution in [0.15, 0.2) is 22.8 Å². The van der Waals surface area contributed by atoms with Crippen LogP contribution in [0, 0.1) is 0 Å². The van der Waals surface area contributed by atoms with Crippen molar-refractivity contribution in [3.05, 3.63) is 28.5 Å². The number of aromatic nitrogens is 1. The zero-order valence-electron chi connectivity index (χ0n) is 8.62. The fourth-order valence-electron chi connectivity index (χ4n) is 0.933. The van der Waals surface area contributed by atoms with Crippen LogP contribution >= 0.6 is 15.9 Å². The zero-order chi connectivity index (χ0) is 11.5. The summed E-state index contributed by atoms with van der Waals surface area (Å²) in [4.78, 5) is 15.5. The van der Waals surface area contributed by atoms with Crippen molar-refractivity contribution in [2.45, 2.75) is 19.4 Å². The molecule has 0 unspecified atom stereocenters. The van der Waals surface area contributed by atoms with Gasteiger partial charge in [0.1, 0.15) is 5.69 Å². The normalized spacial score (nSPS) is 11.2. The van der Waals surface area contributed by atoms with Gasteiger partial charge in [-0.15, -0.1) is 0 Å². The van der Waals surface area contributed by atoms with Crippen molar-refractivity contribution >= 4 is 21.8 Å². The molecule has 1 aromatic rings. The lowest BCUT2D eigenvalue weighted by Gasteiger charge is -2.17. The Bertz CT molecular complexity index is 361. The number of nitrogens with zero attached hydrogens (tertiary/aromatic N) is 1. The largest absolute Gasteiger partial charge is 0.389 e. The number of rotatable bonds is 3. The van der Waals surface area contributed by atoms with Crippen LogP contribution in [0.5, 0.6) is 0 Å². The molecule has 0 bridgehead atoms. The number of pyridine rings is 1. The summed E-state index contributed by atoms with van der Waals surface area (Å²) in [6.45, 7) is 3.44. The molecule has 0 fully saturated rings. The molecule has 82 valence electrons. The molecule has 0 saturated heterocycles. The van der Waals surface area contributed by atoms with Crippen molar-refractivity contribution in [1.82, 2.24) is 10.3 Å². The van der Waals surface area contributed by atoms with E-state index in [0.717, 1.165) is 0 Å². The van der Waals surface area contributed by atoms with E-state index in [9.17, 15) is 9.90 Å². The van der Waals surface area contributed by atoms with Crippen LogP contribution in [0.4, 0.5) is 0 Å². The maximum Gasteiger partial charge on any atom is 0.271 e. The Balaban J connectivity index is 2.66. The second kappa shape index (κ2) is 4.72. The molecule has 1 amide bonds. The third-order valence-electron chi connectivity index (χ3n) is 1.66. The van der Waals surface area contributed by atoms with Crippen molar-refractivity contribution in [2.24, 2.45) is 0 Å². The molecule has 0 spiro atoms. The van der Waals surface area contributed by atoms with E-state index in [-0.39, 0.29) is 12.5 Å². The van der Waals surface area contributed by atoms with Gasteiger partial charge in [0.15, 0.2) is 0 Å². The highest BCUT2D eigenvalue weighted by atomic mass is 79.9. The van der Waals surface area contributed by atoms with Gasteiger partial charge >= 0.3 is 0 Å². The number of hydrogen-bond acceptors (Lipinski definition) is 3. The first-order valence-electron chi connectivity index (χ1n) is 4.51. The molecule has 0 saturated carbocycles. The minimum Gasteiger partial charge on any atom is -0.389 e. The number of halogens is 1. The summed E-state index contributed by atoms with van der Waals surface area (Å²) in [5.74, 6) is -0.301. The molecule has 1 rings (SSSR count). The van der Waals surface area contributed by atoms with E-state index in [1.807, 2.05) is 0 Å². The van der Waals surface area contributed by atoms with Gasteiger partial charge in [-0.05, 0) is 41.9 Å². The minimum absolute atomic E-state index is 0.189. The van der Waals surface area contributed by atoms with Crippen molar-refractivity contribution in [2.75, 3.05) is 6.54 Å². The number of carbonyl (C=O) groups is 1. The van der Waals surface area contributed by atoms with E-state index in [4.69, 9.17) is 0 Å². The first-order valence-corrected chi connectivity index (χ1v) is 5.30. The van der Waals surface area contributed by atoms with E-state index >= 15 is 0 Å². The van der Waals surface area contributed by atoms with Gasteiger partial charge in [-0.2, -0.15) is 0 Å². The van der Waals surface area contributed by atoms with Crippen molar-refractivity contribution < 1.29 is 9.90 Å². The minimum atomic E-state index is -0.920. The standard InChI is InChI=1S/C10H13BrN2O2/c1-10(2,15)6-13-9(14)8-7(11)4-3-5-12-8/h3-5,15H,6H2,1-2H3,(H,13,14). The molecule has 1 aromatic heterocycles. The summed E-state index contributed by atoms with van der Waals surface area (Å²) in [5.41, 5.74) is -0.599. The van der Waals surface area contributed by atoms with Gasteiger partial charge in [-0.25, -0.2) is 4.98 Å². The van der Waals surface area contributed by atoms with Gasteiger partial charge in [0, 0.05) is 17.2 Å². The van der Waals surface area contributed by atoms with Crippen LogP contribution in [0.2, 0.25) is 0 Å². The molecule has 2 N–H and O–H groups in total. The lowest BCUT2D eigenvalue weighted by Crippen LogP contribution is -2.38. The number of hydrogen-bond donors (Lipinski definition) is 2. The summed E-state index contributed by atoms with van der Waals surface area (Å²) in [5, 5.41) is 12.0. The maximum absolute atomic E-state index is 11.6. The molecular weight excluding hydrogens is 260 g/mol. The van der Waals surface area contributed by atoms with Crippen LogP contribution in [0.1, 0.15) is 24.3 Å². The van der Waals surface area contributed by atoms with Crippen LogP contribution < -0.4 is 5.32 Å². The van der Waals surface area contributed by atoms with Gasteiger partial charge in [0.25, 0.3) is 5.91 Å². The number of amides is 1. The van der Waals surface area contributed by atoms with Crippen molar-refractivity contribution in [3.8, 4) is 0 Å². The van der Waals surface area contributed by atoms with Crippen LogP contribution in [0.3, 0.4) is 0 Å². The molecule has 0 radical (unpaired) electrons. The molecule has 0 aliphatic rings. The molecule has 0 atom stereocenters. The predicted molar refractivity (Wildman–Crippen MR) is 60.6 cm³/mol. The van der Waals surface area contributed by atoms with Crippen LogP contribution in [0.25, 0.3) is 0 Å². The topological polar surface area (TPSA) is 62.2 Å². The SMILES string of the molecule is CC(C)(O)CNC(=O)c1ncccc1Br. The Hall–Kier alpha value is -0.940. The average molecular weight is 273 g/mol. The third-order valence-corrected chi connectivity index (χ3v) is 2.30. The zero-order valence-corrected chi connectivity index (χ0v) is 10.2. The molecule has 4 nitrogen and oxygen atoms in total. The summed E-state index contributed by atoms with van der Waals surface area (Å²) >= 11 is 3.23. The lowest BCUT2D eigenvalue weighted by molar-refractivity contribution is 0.0691. The van der Waals surface area contributed by atoms with E-state index in [1.54, 1.807) is 32.2 Å². The van der Waals surface area contributed by atoms with Crippen LogP contribution in [-0.4, -0.2) is 28.1 Å². The molecule has 0 aliphatic carbocycles. The van der Waals surface area contributed by atoms with E-state index in [1.165, 1.54) is 0 Å². The second-order valence-corrected chi connectivity index (χ2v) is 4.68. The Morgan fingerprint density at radius 1 is 1.67 bits per heavy atom. The Labute approximate surface area is 96.8 Å². The average Bonchev–Trinajstić information content (AvgIpc) is 2.14. The summed E-state index contributed by atoms with van der Waals surface area (Å²) in [6.07, 6.45) is 1.55. The number of carbonyl (C=O) groups excluding carboxylic acids is 1. The van der Waals surface area contributed by atoms with Crippen molar-refractivity contribution in [1.29, 1.82) is 0 Å². The number of aliphatic hydroxyl groups is 1. The van der Waals surface area contributed by atoms with Crippen LogP contribution in [-0.2, 0) is 0 Å². The molecular formula is C10H13BrN2O2. The highest BCUT2D eigenvalue weighted by Crippen LogP contribution is 2.12. The van der Waals surface area contributed by atoms with Gasteiger partial charge in [0.05, 0.1) is 5.60 Å². The van der Waals surface area contributed by atoms with E-state index < -0.39 is 5.60 Å². The first-order chi connectivity index (χ1) is 6.90. The molecule has 0 aromatic carbocycles. The third kappa shape index (κ3) is 3.97. The fourth-order valence-corrected chi connectivity index (χ4v) is 1.37. The van der Waals surface area contributed by atoms with Gasteiger partial charge in [-0.1, -0.05) is 0 Å². The number of nitrogens with one attached hydrogen (secondary N) is 1. The van der Waals surface area contributed by atoms with Gasteiger partial charge in [-0.3, -0.25) is 4.79 Å². The fraction of sp³-hybridized carbons (Fsp3) is 0.400. The second-order valence-electron chi connectivity index (χ2n) is 3.83. The Kier molecular flexibility index (Phi) is 3.82. The highest BCUT2D eigenvalue weighted by Gasteiger charge is 2.16. The molecule has 0 aliphatic heterocycles. The van der Waals surface area contributed by atoms with Gasteiger partial charge in [0.2, 0.25) is 0 Å². The molecule has 5 heteroatoms. The highest BCUT2D eigenvalue weighted by molar-refractivity contribution is 9.10. The lowest BCUT2D eigenvalue weighted by atomic mass is 10.1. The maximum atomic E-state index is 11.6. The Morgan fingerprint density at radius 2 is 2.33 bits per heavy atom. The summed E-state index contributed by atoms with van der Waals surface area (Å²) in [6, 6.07) is 3.48. The van der Waals surface area contributed by atoms with Gasteiger partial charge < -0.3 is 10.4 Å².